The molecule has 22 aliphatic heterocycles. The van der Waals surface area contributed by atoms with Crippen molar-refractivity contribution in [3.8, 4) is 0 Å². The van der Waals surface area contributed by atoms with E-state index in [4.69, 9.17) is 56.8 Å². The molecule has 22 aliphatic rings. The molecule has 30 atom stereocenters. The highest BCUT2D eigenvalue weighted by Gasteiger charge is 2.58. The minimum absolute atomic E-state index is 0. The summed E-state index contributed by atoms with van der Waals surface area (Å²) in [6.07, 6.45) is -58.5. The quantitative estimate of drug-likeness (QED) is 0.117. The first-order valence-electron chi connectivity index (χ1n) is 21.1. The lowest BCUT2D eigenvalue weighted by atomic mass is 9.94. The van der Waals surface area contributed by atoms with Gasteiger partial charge in [-0.25, -0.2) is 0 Å². The van der Waals surface area contributed by atoms with E-state index in [9.17, 15) is 91.9 Å². The Balaban J connectivity index is 0.00000741. The fourth-order valence-corrected chi connectivity index (χ4v) is 8.93. The van der Waals surface area contributed by atoms with E-state index in [1.54, 1.807) is 0 Å². The molecule has 0 radical (unpaired) electrons. The molecule has 0 aliphatic carbocycles. The lowest BCUT2D eigenvalue weighted by Gasteiger charge is -2.50. The predicted molar refractivity (Wildman–Crippen MR) is 199 cm³/mol. The van der Waals surface area contributed by atoms with Crippen LogP contribution in [0.2, 0.25) is 0 Å². The molecule has 0 spiro atoms. The Kier molecular flexibility index (Phi) is 19.0. The Hall–Kier alpha value is -1.24. The van der Waals surface area contributed by atoms with Crippen LogP contribution in [0.15, 0.2) is 0 Å². The van der Waals surface area contributed by atoms with Crippen LogP contribution in [0.25, 0.3) is 0 Å². The molecule has 31 heteroatoms. The van der Waals surface area contributed by atoms with E-state index in [0.29, 0.717) is 0 Å². The predicted octanol–water partition coefficient (Wildman–Crippen LogP) is -13.9. The summed E-state index contributed by atoms with van der Waals surface area (Å²) >= 11 is 0. The van der Waals surface area contributed by atoms with Crippen LogP contribution in [0, 0.1) is 0 Å². The molecule has 0 amide bonds. The fourth-order valence-electron chi connectivity index (χ4n) is 8.93. The fraction of sp³-hybridized carbons (Fsp3) is 1.00. The summed E-state index contributed by atoms with van der Waals surface area (Å²) in [5, 5.41) is 196. The molecule has 31 nitrogen and oxygen atoms in total. The normalized spacial score (nSPS) is 54.5. The number of hydrogen-bond donors (Lipinski definition) is 18. The summed E-state index contributed by atoms with van der Waals surface area (Å²) < 4.78 is 67.9. The monoisotopic (exact) mass is 990 g/mol. The molecular formula is C36H62O31. The standard InChI is InChI=1S/C36H60O30.H2O/c37-1-7-25-13(43)19(49)31(55-7)62-26-8(2-38)57-33(21(51)15(26)45)64-28-10(4-40)59-35(23(53)17(28)47)66-30-12(6-42)60-36(24(54)18(30)48)65-29-11(5-41)58-34(22(52)16(29)46)63-27-9(3-39)56-32(61-25)20(50)14(27)44;/h7-54H,1-6H2;1H2/t7-,8-,9-,10-,11-,12-,13-,14-,15-,16-,17-,18-,19-,20-,21-,22-,23-,24+,25-,26-,27-,28-,29-,30-,31-,32-,33-,34-,35-,36-;/m1./s1. The van der Waals surface area contributed by atoms with Gasteiger partial charge in [-0.1, -0.05) is 0 Å². The van der Waals surface area contributed by atoms with Gasteiger partial charge >= 0.3 is 0 Å². The summed E-state index contributed by atoms with van der Waals surface area (Å²) in [5.41, 5.74) is 0. The number of rotatable bonds is 6. The van der Waals surface area contributed by atoms with Gasteiger partial charge in [-0.3, -0.25) is 0 Å². The first kappa shape index (κ1) is 55.1. The molecule has 20 N–H and O–H groups in total. The van der Waals surface area contributed by atoms with Gasteiger partial charge in [0, 0.05) is 0 Å². The number of aliphatic hydroxyl groups excluding tert-OH is 18. The zero-order valence-corrected chi connectivity index (χ0v) is 35.0. The Labute approximate surface area is 378 Å². The molecule has 392 valence electrons. The smallest absolute Gasteiger partial charge is 0.187 e. The summed E-state index contributed by atoms with van der Waals surface area (Å²) in [7, 11) is 0. The maximum Gasteiger partial charge on any atom is 0.187 e. The average Bonchev–Trinajstić information content (AvgIpc) is 3.31. The van der Waals surface area contributed by atoms with Crippen LogP contribution in [0.4, 0.5) is 0 Å². The van der Waals surface area contributed by atoms with Gasteiger partial charge in [0.1, 0.15) is 146 Å². The Morgan fingerprint density at radius 3 is 0.418 bits per heavy atom. The lowest BCUT2D eigenvalue weighted by molar-refractivity contribution is -0.404. The average molecular weight is 991 g/mol. The lowest BCUT2D eigenvalue weighted by Crippen LogP contribution is -2.69. The second-order valence-corrected chi connectivity index (χ2v) is 16.8. The maximum absolute atomic E-state index is 11.2. The zero-order chi connectivity index (χ0) is 48.0. The van der Waals surface area contributed by atoms with Gasteiger partial charge in [0.05, 0.1) is 39.6 Å². The maximum atomic E-state index is 11.2. The third-order valence-corrected chi connectivity index (χ3v) is 12.7. The van der Waals surface area contributed by atoms with Crippen molar-refractivity contribution in [2.75, 3.05) is 39.6 Å². The molecule has 22 fully saturated rings. The van der Waals surface area contributed by atoms with Crippen LogP contribution < -0.4 is 0 Å². The molecule has 22 saturated heterocycles. The van der Waals surface area contributed by atoms with Gasteiger partial charge in [0.25, 0.3) is 0 Å². The van der Waals surface area contributed by atoms with Crippen molar-refractivity contribution in [1.82, 2.24) is 0 Å². The minimum Gasteiger partial charge on any atom is -0.412 e. The molecule has 0 aromatic heterocycles. The van der Waals surface area contributed by atoms with Crippen molar-refractivity contribution >= 4 is 0 Å². The highest BCUT2D eigenvalue weighted by Crippen LogP contribution is 2.38. The summed E-state index contributed by atoms with van der Waals surface area (Å²) in [6, 6.07) is 0. The van der Waals surface area contributed by atoms with E-state index in [0.717, 1.165) is 0 Å². The first-order chi connectivity index (χ1) is 31.4. The van der Waals surface area contributed by atoms with E-state index in [1.165, 1.54) is 0 Å². The number of ether oxygens (including phenoxy) is 12. The highest BCUT2D eigenvalue weighted by atomic mass is 16.8. The molecule has 0 aromatic carbocycles. The van der Waals surface area contributed by atoms with Crippen LogP contribution in [-0.2, 0) is 56.8 Å². The van der Waals surface area contributed by atoms with Crippen LogP contribution in [0.5, 0.6) is 0 Å². The first-order valence-corrected chi connectivity index (χ1v) is 21.1. The molecule has 22 heterocycles. The van der Waals surface area contributed by atoms with Crippen LogP contribution in [0.1, 0.15) is 0 Å². The van der Waals surface area contributed by atoms with Gasteiger partial charge < -0.3 is 154 Å². The SMILES string of the molecule is O.OC[C@H]1O[C@@H]2O[C@H]3[C@H](O)[C@@H](O)[C@@H](O[C@H]4[C@H](O)[C@@H](O)[C@@H](O[C@H]5[C@H](O)[C@@H](O)[C@@H](O[C@H]6[C@H](O)[C@@H](O)[C@@H](O[C@H]7[C@H](O)[C@@H](O)[C@@H](O[C@H]1[C@H](O)[C@@H]2O)O[C@@H]7CO)O[C@@H]6CO)O[C@@H]5CO)O[C@@H]4CO)O[C@@H]3CO. The Morgan fingerprint density at radius 2 is 0.313 bits per heavy atom. The van der Waals surface area contributed by atoms with Crippen molar-refractivity contribution in [2.24, 2.45) is 0 Å². The van der Waals surface area contributed by atoms with E-state index < -0.39 is 224 Å². The van der Waals surface area contributed by atoms with E-state index >= 15 is 0 Å². The van der Waals surface area contributed by atoms with Crippen molar-refractivity contribution in [3.05, 3.63) is 0 Å². The molecule has 12 bridgehead atoms. The Bertz CT molecular complexity index is 1230. The van der Waals surface area contributed by atoms with Crippen molar-refractivity contribution < 1.29 is 154 Å². The van der Waals surface area contributed by atoms with Gasteiger partial charge in [0.15, 0.2) is 37.7 Å². The van der Waals surface area contributed by atoms with Gasteiger partial charge in [-0.15, -0.1) is 0 Å². The highest BCUT2D eigenvalue weighted by molar-refractivity contribution is 5.01. The van der Waals surface area contributed by atoms with E-state index in [-0.39, 0.29) is 5.48 Å². The van der Waals surface area contributed by atoms with E-state index in [1.807, 2.05) is 0 Å². The number of hydrogen-bond acceptors (Lipinski definition) is 30. The third kappa shape index (κ3) is 10.7. The summed E-state index contributed by atoms with van der Waals surface area (Å²) in [6.45, 7) is -5.99. The van der Waals surface area contributed by atoms with Gasteiger partial charge in [-0.2, -0.15) is 0 Å². The second kappa shape index (κ2) is 23.1. The van der Waals surface area contributed by atoms with Crippen LogP contribution >= 0.6 is 0 Å². The molecule has 0 saturated carbocycles. The molecule has 0 unspecified atom stereocenters. The minimum atomic E-state index is -2.15. The second-order valence-electron chi connectivity index (χ2n) is 16.8. The van der Waals surface area contributed by atoms with Gasteiger partial charge in [0.2, 0.25) is 0 Å². The molecule has 67 heavy (non-hydrogen) atoms. The van der Waals surface area contributed by atoms with E-state index in [2.05, 4.69) is 0 Å². The van der Waals surface area contributed by atoms with Crippen LogP contribution in [-0.4, -0.2) is 321 Å². The topological polar surface area (TPSA) is 506 Å². The van der Waals surface area contributed by atoms with Crippen LogP contribution in [0.3, 0.4) is 0 Å². The zero-order valence-electron chi connectivity index (χ0n) is 35.0. The largest absolute Gasteiger partial charge is 0.412 e. The number of aliphatic hydroxyl groups is 18. The van der Waals surface area contributed by atoms with Crippen molar-refractivity contribution in [1.29, 1.82) is 0 Å². The third-order valence-electron chi connectivity index (χ3n) is 12.7. The summed E-state index contributed by atoms with van der Waals surface area (Å²) in [4.78, 5) is 0. The van der Waals surface area contributed by atoms with Crippen molar-refractivity contribution in [3.63, 3.8) is 0 Å². The summed E-state index contributed by atoms with van der Waals surface area (Å²) in [5.74, 6) is 0. The molecule has 22 rings (SSSR count). The van der Waals surface area contributed by atoms with Gasteiger partial charge in [-0.05, 0) is 0 Å². The molecular weight excluding hydrogens is 928 g/mol. The Morgan fingerprint density at radius 1 is 0.194 bits per heavy atom. The molecule has 0 aromatic rings. The van der Waals surface area contributed by atoms with Crippen molar-refractivity contribution in [2.45, 2.75) is 184 Å².